The van der Waals surface area contributed by atoms with Crippen LogP contribution in [0.25, 0.3) is 20.7 Å². The number of nitrogens with zero attached hydrogens (tertiary/aromatic N) is 1. The molecule has 3 heterocycles. The van der Waals surface area contributed by atoms with Crippen molar-refractivity contribution in [2.45, 2.75) is 60.8 Å². The minimum atomic E-state index is -0.463. The number of ketones is 1. The summed E-state index contributed by atoms with van der Waals surface area (Å²) in [7, 11) is 0. The van der Waals surface area contributed by atoms with Crippen LogP contribution in [0, 0.1) is 16.7 Å². The summed E-state index contributed by atoms with van der Waals surface area (Å²) in [6, 6.07) is 4.25. The number of rotatable bonds is 2. The van der Waals surface area contributed by atoms with Crippen LogP contribution >= 0.6 is 22.7 Å². The Labute approximate surface area is 181 Å². The fraction of sp³-hybridized carbons (Fsp3) is 0.500. The normalized spacial score (nSPS) is 17.5. The third kappa shape index (κ3) is 3.53. The van der Waals surface area contributed by atoms with E-state index >= 15 is 0 Å². The van der Waals surface area contributed by atoms with Crippen LogP contribution < -0.4 is 5.73 Å². The molecule has 5 heteroatoms. The van der Waals surface area contributed by atoms with E-state index in [4.69, 9.17) is 10.7 Å². The molecule has 0 saturated heterocycles. The van der Waals surface area contributed by atoms with Crippen molar-refractivity contribution < 1.29 is 4.79 Å². The monoisotopic (exact) mass is 426 g/mol. The Balaban J connectivity index is 1.98. The minimum Gasteiger partial charge on any atom is -0.397 e. The molecule has 0 bridgehead atoms. The minimum absolute atomic E-state index is 0.0978. The molecule has 4 rings (SSSR count). The van der Waals surface area contributed by atoms with Crippen LogP contribution in [0.4, 0.5) is 5.69 Å². The quantitative estimate of drug-likeness (QED) is 0.449. The van der Waals surface area contributed by atoms with Gasteiger partial charge in [0, 0.05) is 26.9 Å². The van der Waals surface area contributed by atoms with E-state index in [0.29, 0.717) is 16.5 Å². The number of pyridine rings is 1. The van der Waals surface area contributed by atoms with Crippen LogP contribution in [0.15, 0.2) is 17.5 Å². The maximum Gasteiger partial charge on any atom is 0.180 e. The van der Waals surface area contributed by atoms with Gasteiger partial charge in [0.2, 0.25) is 0 Å². The molecular weight excluding hydrogens is 396 g/mol. The second-order valence-corrected chi connectivity index (χ2v) is 12.2. The van der Waals surface area contributed by atoms with E-state index in [9.17, 15) is 4.79 Å². The highest BCUT2D eigenvalue weighted by molar-refractivity contribution is 7.21. The summed E-state index contributed by atoms with van der Waals surface area (Å²) in [5, 5.41) is 3.09. The third-order valence-electron chi connectivity index (χ3n) is 6.13. The van der Waals surface area contributed by atoms with Crippen molar-refractivity contribution in [2.75, 3.05) is 5.73 Å². The van der Waals surface area contributed by atoms with Crippen molar-refractivity contribution in [3.8, 4) is 10.4 Å². The first-order chi connectivity index (χ1) is 13.5. The summed E-state index contributed by atoms with van der Waals surface area (Å²) in [6.45, 7) is 12.8. The second kappa shape index (κ2) is 6.92. The molecule has 3 aromatic rings. The standard InChI is InChI=1S/C24H30N2OS2/c1-23(2,3)13-9-10-14-15(12-13)26-22-18(17(14)16-8-7-11-28-16)19(25)20(29-22)21(27)24(4,5)6/h7-8,11,13H,9-10,12,25H2,1-6H3/t13-/m1/s1. The summed E-state index contributed by atoms with van der Waals surface area (Å²) >= 11 is 3.21. The first-order valence-electron chi connectivity index (χ1n) is 10.3. The predicted molar refractivity (Wildman–Crippen MR) is 126 cm³/mol. The van der Waals surface area contributed by atoms with E-state index in [1.807, 2.05) is 20.8 Å². The van der Waals surface area contributed by atoms with Crippen molar-refractivity contribution >= 4 is 44.4 Å². The number of nitrogens with two attached hydrogens (primary N) is 1. The smallest absolute Gasteiger partial charge is 0.180 e. The van der Waals surface area contributed by atoms with E-state index in [1.54, 1.807) is 11.3 Å². The maximum absolute atomic E-state index is 13.1. The van der Waals surface area contributed by atoms with Gasteiger partial charge in [-0.15, -0.1) is 22.7 Å². The van der Waals surface area contributed by atoms with Gasteiger partial charge in [-0.3, -0.25) is 4.79 Å². The van der Waals surface area contributed by atoms with Gasteiger partial charge in [-0.2, -0.15) is 0 Å². The van der Waals surface area contributed by atoms with Gasteiger partial charge in [0.1, 0.15) is 4.83 Å². The highest BCUT2D eigenvalue weighted by atomic mass is 32.1. The van der Waals surface area contributed by atoms with Crippen molar-refractivity contribution in [3.05, 3.63) is 33.6 Å². The summed E-state index contributed by atoms with van der Waals surface area (Å²) in [5.74, 6) is 0.713. The van der Waals surface area contributed by atoms with Crippen LogP contribution in [0.1, 0.15) is 68.9 Å². The lowest BCUT2D eigenvalue weighted by Gasteiger charge is -2.35. The number of carbonyl (C=O) groups excluding carboxylic acids is 1. The van der Waals surface area contributed by atoms with Crippen molar-refractivity contribution in [3.63, 3.8) is 0 Å². The topological polar surface area (TPSA) is 56.0 Å². The molecule has 0 fully saturated rings. The summed E-state index contributed by atoms with van der Waals surface area (Å²) < 4.78 is 0. The molecule has 2 N–H and O–H groups in total. The molecular formula is C24H30N2OS2. The number of carbonyl (C=O) groups is 1. The SMILES string of the molecule is CC(C)(C)C(=O)c1sc2nc3c(c(-c4cccs4)c2c1N)CC[C@@H](C(C)(C)C)C3. The average molecular weight is 427 g/mol. The number of hydrogen-bond donors (Lipinski definition) is 1. The Morgan fingerprint density at radius 1 is 1.21 bits per heavy atom. The lowest BCUT2D eigenvalue weighted by atomic mass is 9.71. The molecule has 154 valence electrons. The zero-order valence-electron chi connectivity index (χ0n) is 18.2. The molecule has 1 aliphatic rings. The lowest BCUT2D eigenvalue weighted by molar-refractivity contribution is 0.0863. The molecule has 0 aromatic carbocycles. The van der Waals surface area contributed by atoms with E-state index in [2.05, 4.69) is 38.3 Å². The van der Waals surface area contributed by atoms with Crippen LogP contribution in [-0.4, -0.2) is 10.8 Å². The number of Topliss-reactive ketones (excluding diaryl/α,β-unsaturated/α-hetero) is 1. The number of aromatic nitrogens is 1. The van der Waals surface area contributed by atoms with Crippen molar-refractivity contribution in [2.24, 2.45) is 16.7 Å². The van der Waals surface area contributed by atoms with Crippen LogP contribution in [0.3, 0.4) is 0 Å². The van der Waals surface area contributed by atoms with E-state index in [-0.39, 0.29) is 11.2 Å². The van der Waals surface area contributed by atoms with Gasteiger partial charge < -0.3 is 5.73 Å². The van der Waals surface area contributed by atoms with Gasteiger partial charge in [0.05, 0.1) is 10.6 Å². The van der Waals surface area contributed by atoms with E-state index < -0.39 is 5.41 Å². The Bertz CT molecular complexity index is 1080. The Kier molecular flexibility index (Phi) is 4.90. The molecule has 0 aliphatic heterocycles. The first kappa shape index (κ1) is 20.5. The zero-order valence-corrected chi connectivity index (χ0v) is 19.8. The Morgan fingerprint density at radius 3 is 2.52 bits per heavy atom. The van der Waals surface area contributed by atoms with Crippen LogP contribution in [0.2, 0.25) is 0 Å². The Morgan fingerprint density at radius 2 is 1.93 bits per heavy atom. The van der Waals surface area contributed by atoms with Gasteiger partial charge >= 0.3 is 0 Å². The largest absolute Gasteiger partial charge is 0.397 e. The third-order valence-corrected chi connectivity index (χ3v) is 8.11. The Hall–Kier alpha value is -1.72. The fourth-order valence-corrected chi connectivity index (χ4v) is 6.35. The molecule has 0 saturated carbocycles. The summed E-state index contributed by atoms with van der Waals surface area (Å²) in [6.07, 6.45) is 3.18. The second-order valence-electron chi connectivity index (χ2n) is 10.3. The highest BCUT2D eigenvalue weighted by Gasteiger charge is 2.34. The van der Waals surface area contributed by atoms with Gasteiger partial charge in [-0.25, -0.2) is 4.98 Å². The van der Waals surface area contributed by atoms with Crippen molar-refractivity contribution in [1.29, 1.82) is 0 Å². The van der Waals surface area contributed by atoms with Crippen LogP contribution in [-0.2, 0) is 12.8 Å². The molecule has 0 unspecified atom stereocenters. The molecule has 1 atom stereocenters. The predicted octanol–water partition coefficient (Wildman–Crippen LogP) is 6.99. The fourth-order valence-electron chi connectivity index (χ4n) is 4.27. The lowest BCUT2D eigenvalue weighted by Crippen LogP contribution is -2.27. The molecule has 0 radical (unpaired) electrons. The number of fused-ring (bicyclic) bond motifs is 2. The van der Waals surface area contributed by atoms with Crippen LogP contribution in [0.5, 0.6) is 0 Å². The molecule has 29 heavy (non-hydrogen) atoms. The zero-order chi connectivity index (χ0) is 21.1. The summed E-state index contributed by atoms with van der Waals surface area (Å²) in [5.41, 5.74) is 10.8. The molecule has 3 nitrogen and oxygen atoms in total. The maximum atomic E-state index is 13.1. The summed E-state index contributed by atoms with van der Waals surface area (Å²) in [4.78, 5) is 20.9. The highest BCUT2D eigenvalue weighted by Crippen LogP contribution is 2.48. The van der Waals surface area contributed by atoms with E-state index in [1.165, 1.54) is 39.5 Å². The van der Waals surface area contributed by atoms with Gasteiger partial charge in [-0.05, 0) is 47.6 Å². The number of hydrogen-bond acceptors (Lipinski definition) is 5. The number of thiophene rings is 2. The first-order valence-corrected chi connectivity index (χ1v) is 12.0. The van der Waals surface area contributed by atoms with Gasteiger partial charge in [0.15, 0.2) is 5.78 Å². The molecule has 0 amide bonds. The molecule has 3 aromatic heterocycles. The molecule has 0 spiro atoms. The van der Waals surface area contributed by atoms with Gasteiger partial charge in [-0.1, -0.05) is 47.6 Å². The van der Waals surface area contributed by atoms with Gasteiger partial charge in [0.25, 0.3) is 0 Å². The van der Waals surface area contributed by atoms with Crippen molar-refractivity contribution in [1.82, 2.24) is 4.98 Å². The average Bonchev–Trinajstić information content (AvgIpc) is 3.26. The number of nitrogen functional groups attached to an aromatic ring is 1. The number of anilines is 1. The van der Waals surface area contributed by atoms with E-state index in [0.717, 1.165) is 23.1 Å². The molecule has 1 aliphatic carbocycles.